The zero-order valence-corrected chi connectivity index (χ0v) is 95.1. The van der Waals surface area contributed by atoms with E-state index in [-0.39, 0.29) is 41.5 Å². The number of ether oxygens (including phenoxy) is 8. The van der Waals surface area contributed by atoms with Crippen molar-refractivity contribution in [3.05, 3.63) is 353 Å². The van der Waals surface area contributed by atoms with Crippen molar-refractivity contribution >= 4 is 47.8 Å². The molecule has 8 aromatic rings. The predicted molar refractivity (Wildman–Crippen MR) is 604 cm³/mol. The molecule has 0 bridgehead atoms. The standard InChI is InChI=1S/C34H44O4.C33H42O4.C32H39F3O4.C32H42O4/c1-10-28(30-16-20-31(21-17-30)37-33(35)23(4)5)13-11-12-24(6)29-14-18-32(19-15-29)38-34(36)27(9)26(8)25(7)22(2)3;1-9-27(29-16-20-30(21-17-29)36-32(34)10-2)13-11-12-23(5)28-14-18-31(19-15-28)37-33(35)26(8)25(7)24(6)22(3)4;1-8-25(27-14-18-29(19-15-27)39-31(37)32(33,34)35)11-9-10-21(4)26-12-16-28(17-13-26)38-30(36)24(7)23(6)22(5)20(2)3;1-9-27(29-15-19-30(20-16-29)35-26(8)33)12-10-11-22(4)28-13-17-31(18-14-28)36-32(34)25(7)24(6)23(5)21(2)3/h14-21,24,28H,4,10-13H2,1-3,5-9H3;10,14-21,23,27H,2,9,11-13H2,1,3-8H3;12-19,21,25H,8-11H2,1-7H3;13-20,22,27H,9-12H2,1-8H3/b27-26+;26-25+;24-23+;25-24+. The zero-order chi connectivity index (χ0) is 112. The molecule has 0 fully saturated rings. The normalized spacial score (nSPS) is 13.3. The van der Waals surface area contributed by atoms with E-state index in [0.29, 0.717) is 110 Å². The van der Waals surface area contributed by atoms with Crippen LogP contribution in [0.1, 0.15) is 402 Å². The number of carbonyl (C=O) groups excluding carboxylic acids is 8. The summed E-state index contributed by atoms with van der Waals surface area (Å²) < 4.78 is 79.7. The Kier molecular flexibility index (Phi) is 54.0. The van der Waals surface area contributed by atoms with Crippen LogP contribution in [-0.2, 0) is 38.4 Å². The SMILES string of the molecule is C=C(C)C(=O)Oc1ccc(C(CC)CCCC(C)c2ccc(OC(=O)/C(C)=C(\C)C(C)=C(C)C)cc2)cc1.C=CC(=O)Oc1ccc(C(CC)CCCC(C)c2ccc(OC(=O)/C(C)=C(\C)C(C)=C(C)C)cc2)cc1.CCC(CCCC(C)c1ccc(OC(=O)/C(C)=C(\C)C(C)=C(C)C)cc1)c1ccc(OC(=O)C(F)(F)F)cc1.CCC(CCCC(C)c1ccc(OC(=O)/C(C)=C(\C)C(C)=C(C)C)cc1)c1ccc(OC(C)=O)cc1. The molecule has 16 nitrogen and oxygen atoms in total. The molecule has 0 aliphatic carbocycles. The van der Waals surface area contributed by atoms with E-state index < -0.39 is 24.1 Å². The Bertz CT molecular complexity index is 6070. The third-order valence-corrected chi connectivity index (χ3v) is 29.1. The third-order valence-electron chi connectivity index (χ3n) is 29.1. The van der Waals surface area contributed by atoms with Crippen LogP contribution in [0, 0.1) is 0 Å². The Morgan fingerprint density at radius 1 is 0.247 bits per heavy atom. The van der Waals surface area contributed by atoms with E-state index in [1.165, 1.54) is 69.2 Å². The number of allylic oxidation sites excluding steroid dienone is 12. The van der Waals surface area contributed by atoms with Gasteiger partial charge in [-0.2, -0.15) is 13.2 Å². The average Bonchev–Trinajstić information content (AvgIpc) is 0.853. The highest BCUT2D eigenvalue weighted by molar-refractivity contribution is 5.94. The quantitative estimate of drug-likeness (QED) is 0.0150. The fourth-order valence-corrected chi connectivity index (χ4v) is 17.1. The summed E-state index contributed by atoms with van der Waals surface area (Å²) in [6.07, 6.45) is 12.9. The lowest BCUT2D eigenvalue weighted by atomic mass is 9.88. The molecular formula is C131H167F3O16. The van der Waals surface area contributed by atoms with Gasteiger partial charge in [0.25, 0.3) is 0 Å². The summed E-state index contributed by atoms with van der Waals surface area (Å²) in [5.41, 5.74) is 25.6. The molecule has 8 atom stereocenters. The predicted octanol–water partition coefficient (Wildman–Crippen LogP) is 36.0. The van der Waals surface area contributed by atoms with Gasteiger partial charge in [0, 0.05) is 40.9 Å². The largest absolute Gasteiger partial charge is 0.491 e. The summed E-state index contributed by atoms with van der Waals surface area (Å²) in [5.74, 6) is 2.32. The van der Waals surface area contributed by atoms with Gasteiger partial charge in [0.05, 0.1) is 0 Å². The second kappa shape index (κ2) is 63.6. The molecule has 0 amide bonds. The van der Waals surface area contributed by atoms with Crippen molar-refractivity contribution < 1.29 is 89.4 Å². The van der Waals surface area contributed by atoms with Gasteiger partial charge in [0.15, 0.2) is 0 Å². The van der Waals surface area contributed by atoms with Gasteiger partial charge in [-0.15, -0.1) is 0 Å². The average molecular weight is 2050 g/mol. The molecule has 150 heavy (non-hydrogen) atoms. The number of carbonyl (C=O) groups is 8. The van der Waals surface area contributed by atoms with Crippen molar-refractivity contribution in [2.45, 2.75) is 364 Å². The first-order valence-electron chi connectivity index (χ1n) is 52.9. The van der Waals surface area contributed by atoms with E-state index in [1.54, 1.807) is 26.0 Å². The van der Waals surface area contributed by atoms with Crippen LogP contribution in [0.5, 0.6) is 46.0 Å². The van der Waals surface area contributed by atoms with Crippen LogP contribution in [0.4, 0.5) is 13.2 Å². The van der Waals surface area contributed by atoms with E-state index in [4.69, 9.17) is 33.2 Å². The van der Waals surface area contributed by atoms with Gasteiger partial charge in [-0.1, -0.05) is 214 Å². The minimum absolute atomic E-state index is 0.122. The molecule has 0 spiro atoms. The van der Waals surface area contributed by atoms with Gasteiger partial charge in [-0.05, 0) is 456 Å². The maximum Gasteiger partial charge on any atom is 0.491 e. The second-order valence-corrected chi connectivity index (χ2v) is 40.6. The Morgan fingerprint density at radius 2 is 0.427 bits per heavy atom. The number of esters is 8. The van der Waals surface area contributed by atoms with E-state index >= 15 is 0 Å². The van der Waals surface area contributed by atoms with E-state index in [0.717, 1.165) is 170 Å². The number of hydrogen-bond donors (Lipinski definition) is 0. The molecule has 8 unspecified atom stereocenters. The summed E-state index contributed by atoms with van der Waals surface area (Å²) in [5, 5.41) is 0. The van der Waals surface area contributed by atoms with Crippen LogP contribution in [-0.4, -0.2) is 53.9 Å². The van der Waals surface area contributed by atoms with E-state index in [2.05, 4.69) is 134 Å². The highest BCUT2D eigenvalue weighted by Crippen LogP contribution is 2.39. The summed E-state index contributed by atoms with van der Waals surface area (Å²) in [4.78, 5) is 95.6. The van der Waals surface area contributed by atoms with Crippen LogP contribution in [0.2, 0.25) is 0 Å². The molecule has 8 aromatic carbocycles. The minimum Gasteiger partial charge on any atom is -0.427 e. The maximum atomic E-state index is 12.6. The summed E-state index contributed by atoms with van der Waals surface area (Å²) in [7, 11) is 0. The number of hydrogen-bond acceptors (Lipinski definition) is 16. The first-order valence-corrected chi connectivity index (χ1v) is 52.9. The van der Waals surface area contributed by atoms with Gasteiger partial charge in [-0.25, -0.2) is 33.6 Å². The minimum atomic E-state index is -5.02. The van der Waals surface area contributed by atoms with Crippen LogP contribution < -0.4 is 37.9 Å². The van der Waals surface area contributed by atoms with Crippen molar-refractivity contribution in [2.24, 2.45) is 0 Å². The monoisotopic (exact) mass is 2050 g/mol. The van der Waals surface area contributed by atoms with Crippen molar-refractivity contribution in [1.82, 2.24) is 0 Å². The lowest BCUT2D eigenvalue weighted by Crippen LogP contribution is -2.27. The van der Waals surface area contributed by atoms with Crippen LogP contribution in [0.25, 0.3) is 0 Å². The van der Waals surface area contributed by atoms with Gasteiger partial charge < -0.3 is 37.9 Å². The molecule has 19 heteroatoms. The number of rotatable bonds is 46. The molecular weight excluding hydrogens is 1890 g/mol. The topological polar surface area (TPSA) is 210 Å². The number of halogens is 3. The molecule has 808 valence electrons. The third kappa shape index (κ3) is 42.3. The van der Waals surface area contributed by atoms with Crippen molar-refractivity contribution in [2.75, 3.05) is 0 Å². The highest BCUT2D eigenvalue weighted by Gasteiger charge is 2.41. The number of alkyl halides is 3. The van der Waals surface area contributed by atoms with E-state index in [9.17, 15) is 51.5 Å². The Balaban J connectivity index is 0.000000351. The zero-order valence-electron chi connectivity index (χ0n) is 95.1. The van der Waals surface area contributed by atoms with Gasteiger partial charge in [0.2, 0.25) is 0 Å². The Morgan fingerprint density at radius 3 is 0.600 bits per heavy atom. The lowest BCUT2D eigenvalue weighted by molar-refractivity contribution is -0.189. The molecule has 0 aliphatic rings. The summed E-state index contributed by atoms with van der Waals surface area (Å²) >= 11 is 0. The lowest BCUT2D eigenvalue weighted by Gasteiger charge is -2.18. The van der Waals surface area contributed by atoms with Crippen molar-refractivity contribution in [3.8, 4) is 46.0 Å². The molecule has 0 N–H and O–H groups in total. The maximum absolute atomic E-state index is 12.6. The molecule has 8 rings (SSSR count). The first kappa shape index (κ1) is 127. The Labute approximate surface area is 894 Å². The van der Waals surface area contributed by atoms with Gasteiger partial charge in [0.1, 0.15) is 46.0 Å². The first-order chi connectivity index (χ1) is 70.8. The smallest absolute Gasteiger partial charge is 0.427 e. The highest BCUT2D eigenvalue weighted by atomic mass is 19.4. The number of benzene rings is 8. The molecule has 0 radical (unpaired) electrons. The molecule has 0 saturated carbocycles. The molecule has 0 heterocycles. The summed E-state index contributed by atoms with van der Waals surface area (Å²) in [6.45, 7) is 67.1. The summed E-state index contributed by atoms with van der Waals surface area (Å²) in [6, 6.07) is 61.0. The second-order valence-electron chi connectivity index (χ2n) is 40.6. The van der Waals surface area contributed by atoms with Crippen molar-refractivity contribution in [1.29, 1.82) is 0 Å². The fourth-order valence-electron chi connectivity index (χ4n) is 17.1. The molecule has 0 saturated heterocycles. The fraction of sp³-hybridized carbons (Fsp3) is 0.420. The van der Waals surface area contributed by atoms with Crippen LogP contribution >= 0.6 is 0 Å². The van der Waals surface area contributed by atoms with Crippen LogP contribution in [0.3, 0.4) is 0 Å². The Hall–Kier alpha value is -13.3. The van der Waals surface area contributed by atoms with Crippen molar-refractivity contribution in [3.63, 3.8) is 0 Å². The molecule has 0 aromatic heterocycles. The van der Waals surface area contributed by atoms with Gasteiger partial charge in [-0.3, -0.25) is 4.79 Å². The van der Waals surface area contributed by atoms with Gasteiger partial charge >= 0.3 is 53.9 Å². The van der Waals surface area contributed by atoms with Crippen LogP contribution in [0.15, 0.2) is 308 Å². The van der Waals surface area contributed by atoms with E-state index in [1.807, 2.05) is 241 Å². The molecule has 0 aliphatic heterocycles.